The van der Waals surface area contributed by atoms with Gasteiger partial charge in [0, 0.05) is 25.2 Å². The molecule has 0 aromatic rings. The van der Waals surface area contributed by atoms with Gasteiger partial charge in [-0.05, 0) is 45.2 Å². The van der Waals surface area contributed by atoms with Crippen molar-refractivity contribution in [2.75, 3.05) is 26.7 Å². The van der Waals surface area contributed by atoms with Crippen molar-refractivity contribution < 1.29 is 0 Å². The lowest BCUT2D eigenvalue weighted by atomic mass is 9.84. The number of nitrogens with zero attached hydrogens (tertiary/aromatic N) is 1. The second-order valence-corrected chi connectivity index (χ2v) is 5.55. The van der Waals surface area contributed by atoms with Crippen LogP contribution in [0.5, 0.6) is 0 Å². The molecule has 0 spiro atoms. The zero-order valence-corrected chi connectivity index (χ0v) is 10.6. The topological polar surface area (TPSA) is 41.3 Å². The zero-order valence-electron chi connectivity index (χ0n) is 10.6. The third-order valence-corrected chi connectivity index (χ3v) is 4.25. The van der Waals surface area contributed by atoms with E-state index < -0.39 is 0 Å². The predicted octanol–water partition coefficient (Wildman–Crippen LogP) is 1.19. The summed E-state index contributed by atoms with van der Waals surface area (Å²) in [5, 5.41) is 3.71. The van der Waals surface area contributed by atoms with Crippen molar-refractivity contribution in [3.8, 4) is 0 Å². The Bertz CT molecular complexity index is 203. The SMILES string of the molecule is CN(CCNC1CCCCC1CN)C1CC1. The van der Waals surface area contributed by atoms with E-state index in [4.69, 9.17) is 5.73 Å². The highest BCUT2D eigenvalue weighted by Gasteiger charge is 2.26. The first-order valence-corrected chi connectivity index (χ1v) is 6.95. The van der Waals surface area contributed by atoms with Gasteiger partial charge in [0.25, 0.3) is 0 Å². The normalized spacial score (nSPS) is 30.9. The number of nitrogens with one attached hydrogen (secondary N) is 1. The van der Waals surface area contributed by atoms with Gasteiger partial charge in [0.1, 0.15) is 0 Å². The molecule has 16 heavy (non-hydrogen) atoms. The lowest BCUT2D eigenvalue weighted by Crippen LogP contribution is -2.44. The zero-order chi connectivity index (χ0) is 11.4. The molecule has 2 saturated carbocycles. The van der Waals surface area contributed by atoms with Crippen LogP contribution in [-0.4, -0.2) is 43.7 Å². The largest absolute Gasteiger partial charge is 0.330 e. The van der Waals surface area contributed by atoms with E-state index >= 15 is 0 Å². The van der Waals surface area contributed by atoms with Crippen molar-refractivity contribution >= 4 is 0 Å². The molecule has 0 heterocycles. The van der Waals surface area contributed by atoms with E-state index in [1.165, 1.54) is 45.1 Å². The summed E-state index contributed by atoms with van der Waals surface area (Å²) in [6.07, 6.45) is 8.23. The Morgan fingerprint density at radius 3 is 2.62 bits per heavy atom. The van der Waals surface area contributed by atoms with Crippen LogP contribution in [0.1, 0.15) is 38.5 Å². The van der Waals surface area contributed by atoms with Gasteiger partial charge >= 0.3 is 0 Å². The second-order valence-electron chi connectivity index (χ2n) is 5.55. The third-order valence-electron chi connectivity index (χ3n) is 4.25. The number of likely N-dealkylation sites (N-methyl/N-ethyl adjacent to an activating group) is 1. The molecule has 2 rings (SSSR count). The van der Waals surface area contributed by atoms with Gasteiger partial charge < -0.3 is 16.0 Å². The van der Waals surface area contributed by atoms with Gasteiger partial charge in [-0.3, -0.25) is 0 Å². The van der Waals surface area contributed by atoms with Crippen LogP contribution in [0.3, 0.4) is 0 Å². The van der Waals surface area contributed by atoms with E-state index in [0.29, 0.717) is 6.04 Å². The molecule has 3 nitrogen and oxygen atoms in total. The van der Waals surface area contributed by atoms with Crippen molar-refractivity contribution in [3.05, 3.63) is 0 Å². The average Bonchev–Trinajstić information content (AvgIpc) is 3.13. The van der Waals surface area contributed by atoms with E-state index in [0.717, 1.165) is 25.0 Å². The summed E-state index contributed by atoms with van der Waals surface area (Å²) in [5.41, 5.74) is 5.83. The molecular weight excluding hydrogens is 198 g/mol. The molecule has 0 amide bonds. The Kier molecular flexibility index (Phi) is 4.62. The smallest absolute Gasteiger partial charge is 0.0108 e. The van der Waals surface area contributed by atoms with Gasteiger partial charge in [-0.1, -0.05) is 12.8 Å². The summed E-state index contributed by atoms with van der Waals surface area (Å²) in [4.78, 5) is 2.49. The second kappa shape index (κ2) is 5.99. The maximum Gasteiger partial charge on any atom is 0.0108 e. The third kappa shape index (κ3) is 3.44. The van der Waals surface area contributed by atoms with Crippen LogP contribution in [0.25, 0.3) is 0 Å². The van der Waals surface area contributed by atoms with Crippen molar-refractivity contribution in [3.63, 3.8) is 0 Å². The lowest BCUT2D eigenvalue weighted by molar-refractivity contribution is 0.249. The monoisotopic (exact) mass is 225 g/mol. The summed E-state index contributed by atoms with van der Waals surface area (Å²) in [7, 11) is 2.25. The Morgan fingerprint density at radius 1 is 1.19 bits per heavy atom. The number of hydrogen-bond donors (Lipinski definition) is 2. The summed E-state index contributed by atoms with van der Waals surface area (Å²) in [5.74, 6) is 0.722. The van der Waals surface area contributed by atoms with E-state index in [2.05, 4.69) is 17.3 Å². The van der Waals surface area contributed by atoms with Crippen molar-refractivity contribution in [2.45, 2.75) is 50.6 Å². The molecule has 0 aliphatic heterocycles. The summed E-state index contributed by atoms with van der Waals surface area (Å²) in [6, 6.07) is 1.57. The molecule has 2 aliphatic carbocycles. The van der Waals surface area contributed by atoms with Gasteiger partial charge in [-0.15, -0.1) is 0 Å². The van der Waals surface area contributed by atoms with Crippen molar-refractivity contribution in [2.24, 2.45) is 11.7 Å². The van der Waals surface area contributed by atoms with Gasteiger partial charge in [0.05, 0.1) is 0 Å². The van der Waals surface area contributed by atoms with E-state index in [1.54, 1.807) is 0 Å². The van der Waals surface area contributed by atoms with Crippen LogP contribution in [0.2, 0.25) is 0 Å². The molecule has 2 unspecified atom stereocenters. The summed E-state index contributed by atoms with van der Waals surface area (Å²) >= 11 is 0. The molecule has 3 N–H and O–H groups in total. The Hall–Kier alpha value is -0.120. The number of rotatable bonds is 6. The van der Waals surface area contributed by atoms with Crippen LogP contribution in [0, 0.1) is 5.92 Å². The molecule has 0 radical (unpaired) electrons. The highest BCUT2D eigenvalue weighted by molar-refractivity contribution is 4.84. The van der Waals surface area contributed by atoms with Crippen LogP contribution in [0.4, 0.5) is 0 Å². The highest BCUT2D eigenvalue weighted by atomic mass is 15.2. The molecule has 0 bridgehead atoms. The van der Waals surface area contributed by atoms with E-state index in [-0.39, 0.29) is 0 Å². The number of nitrogens with two attached hydrogens (primary N) is 1. The van der Waals surface area contributed by atoms with E-state index in [9.17, 15) is 0 Å². The minimum Gasteiger partial charge on any atom is -0.330 e. The Labute approximate surface area is 99.8 Å². The fourth-order valence-electron chi connectivity index (χ4n) is 2.88. The molecule has 0 saturated heterocycles. The molecule has 2 fully saturated rings. The fourth-order valence-corrected chi connectivity index (χ4v) is 2.88. The van der Waals surface area contributed by atoms with E-state index in [1.807, 2.05) is 0 Å². The summed E-state index contributed by atoms with van der Waals surface area (Å²) < 4.78 is 0. The van der Waals surface area contributed by atoms with Gasteiger partial charge in [0.2, 0.25) is 0 Å². The molecular formula is C13H27N3. The summed E-state index contributed by atoms with van der Waals surface area (Å²) in [6.45, 7) is 3.18. The van der Waals surface area contributed by atoms with Crippen LogP contribution in [0.15, 0.2) is 0 Å². The van der Waals surface area contributed by atoms with Gasteiger partial charge in [-0.2, -0.15) is 0 Å². The van der Waals surface area contributed by atoms with Crippen LogP contribution in [-0.2, 0) is 0 Å². The number of hydrogen-bond acceptors (Lipinski definition) is 3. The Morgan fingerprint density at radius 2 is 1.94 bits per heavy atom. The molecule has 94 valence electrons. The minimum absolute atomic E-state index is 0.686. The van der Waals surface area contributed by atoms with Gasteiger partial charge in [-0.25, -0.2) is 0 Å². The molecule has 0 aromatic carbocycles. The maximum absolute atomic E-state index is 5.83. The predicted molar refractivity (Wildman–Crippen MR) is 68.5 cm³/mol. The lowest BCUT2D eigenvalue weighted by Gasteiger charge is -2.32. The minimum atomic E-state index is 0.686. The first kappa shape index (κ1) is 12.3. The maximum atomic E-state index is 5.83. The van der Waals surface area contributed by atoms with Crippen molar-refractivity contribution in [1.82, 2.24) is 10.2 Å². The van der Waals surface area contributed by atoms with Crippen molar-refractivity contribution in [1.29, 1.82) is 0 Å². The molecule has 2 atom stereocenters. The Balaban J connectivity index is 1.63. The fraction of sp³-hybridized carbons (Fsp3) is 1.00. The average molecular weight is 225 g/mol. The highest BCUT2D eigenvalue weighted by Crippen LogP contribution is 2.25. The first-order valence-electron chi connectivity index (χ1n) is 6.95. The van der Waals surface area contributed by atoms with Crippen LogP contribution >= 0.6 is 0 Å². The quantitative estimate of drug-likeness (QED) is 0.713. The van der Waals surface area contributed by atoms with Gasteiger partial charge in [0.15, 0.2) is 0 Å². The standard InChI is InChI=1S/C13H27N3/c1-16(12-6-7-12)9-8-15-13-5-3-2-4-11(13)10-14/h11-13,15H,2-10,14H2,1H3. The first-order chi connectivity index (χ1) is 7.81. The molecule has 0 aromatic heterocycles. The molecule has 3 heteroatoms. The molecule has 2 aliphatic rings. The van der Waals surface area contributed by atoms with Crippen LogP contribution < -0.4 is 11.1 Å².